The highest BCUT2D eigenvalue weighted by molar-refractivity contribution is 5.50. The highest BCUT2D eigenvalue weighted by atomic mass is 16.5. The van der Waals surface area contributed by atoms with Crippen molar-refractivity contribution in [2.45, 2.75) is 65.4 Å². The minimum Gasteiger partial charge on any atom is -0.474 e. The molecule has 1 N–H and O–H groups in total. The van der Waals surface area contributed by atoms with Gasteiger partial charge in [0.25, 0.3) is 0 Å². The molecule has 0 unspecified atom stereocenters. The quantitative estimate of drug-likeness (QED) is 0.904. The van der Waals surface area contributed by atoms with Crippen molar-refractivity contribution in [3.8, 4) is 5.88 Å². The fourth-order valence-electron chi connectivity index (χ4n) is 2.84. The van der Waals surface area contributed by atoms with Crippen LogP contribution in [-0.2, 0) is 0 Å². The highest BCUT2D eigenvalue weighted by Crippen LogP contribution is 2.38. The van der Waals surface area contributed by atoms with Crippen LogP contribution >= 0.6 is 0 Å². The van der Waals surface area contributed by atoms with Crippen LogP contribution in [0.3, 0.4) is 0 Å². The summed E-state index contributed by atoms with van der Waals surface area (Å²) in [6.07, 6.45) is 6.55. The molecule has 0 radical (unpaired) electrons. The number of ether oxygens (including phenoxy) is 1. The molecule has 0 atom stereocenters. The van der Waals surface area contributed by atoms with Gasteiger partial charge in [0, 0.05) is 7.05 Å². The number of aromatic nitrogens is 2. The summed E-state index contributed by atoms with van der Waals surface area (Å²) in [6, 6.07) is 0. The molecule has 2 rings (SSSR count). The van der Waals surface area contributed by atoms with E-state index in [4.69, 9.17) is 4.74 Å². The first-order valence-electron chi connectivity index (χ1n) is 7.62. The maximum atomic E-state index is 6.19. The van der Waals surface area contributed by atoms with Gasteiger partial charge < -0.3 is 10.1 Å². The molecule has 0 spiro atoms. The Kier molecular flexibility index (Phi) is 4.51. The molecule has 0 aromatic carbocycles. The Hall–Kier alpha value is -1.32. The molecule has 112 valence electrons. The predicted molar refractivity (Wildman–Crippen MR) is 82.3 cm³/mol. The van der Waals surface area contributed by atoms with Crippen molar-refractivity contribution in [1.82, 2.24) is 9.97 Å². The average Bonchev–Trinajstić information content (AvgIpc) is 2.40. The second-order valence-electron chi connectivity index (χ2n) is 6.83. The van der Waals surface area contributed by atoms with Crippen LogP contribution in [0, 0.1) is 5.41 Å². The van der Waals surface area contributed by atoms with Crippen molar-refractivity contribution in [2.24, 2.45) is 5.41 Å². The summed E-state index contributed by atoms with van der Waals surface area (Å²) in [5.74, 6) is 1.97. The van der Waals surface area contributed by atoms with E-state index in [1.54, 1.807) is 6.33 Å². The van der Waals surface area contributed by atoms with Crippen LogP contribution in [0.5, 0.6) is 5.88 Å². The van der Waals surface area contributed by atoms with Crippen molar-refractivity contribution >= 4 is 5.82 Å². The number of nitrogens with one attached hydrogen (secondary N) is 1. The van der Waals surface area contributed by atoms with Gasteiger partial charge in [-0.1, -0.05) is 27.7 Å². The van der Waals surface area contributed by atoms with Crippen LogP contribution in [0.15, 0.2) is 6.33 Å². The fraction of sp³-hybridized carbons (Fsp3) is 0.750. The van der Waals surface area contributed by atoms with E-state index in [0.29, 0.717) is 17.4 Å². The Labute approximate surface area is 122 Å². The average molecular weight is 277 g/mol. The molecule has 4 nitrogen and oxygen atoms in total. The summed E-state index contributed by atoms with van der Waals surface area (Å²) >= 11 is 0. The molecule has 0 amide bonds. The van der Waals surface area contributed by atoms with Gasteiger partial charge in [0.05, 0.1) is 5.56 Å². The molecule has 1 aliphatic carbocycles. The van der Waals surface area contributed by atoms with Crippen LogP contribution in [0.4, 0.5) is 5.82 Å². The van der Waals surface area contributed by atoms with E-state index in [0.717, 1.165) is 30.1 Å². The lowest BCUT2D eigenvalue weighted by Crippen LogP contribution is -2.29. The SMILES string of the molecule is CNc1ncnc(OC2CCC(C)(C)CC2)c1C(C)C. The molecule has 1 aliphatic rings. The van der Waals surface area contributed by atoms with Crippen molar-refractivity contribution < 1.29 is 4.74 Å². The fourth-order valence-corrected chi connectivity index (χ4v) is 2.84. The van der Waals surface area contributed by atoms with Crippen molar-refractivity contribution in [1.29, 1.82) is 0 Å². The molecule has 1 heterocycles. The van der Waals surface area contributed by atoms with Crippen LogP contribution in [0.2, 0.25) is 0 Å². The Morgan fingerprint density at radius 2 is 1.90 bits per heavy atom. The largest absolute Gasteiger partial charge is 0.474 e. The van der Waals surface area contributed by atoms with E-state index < -0.39 is 0 Å². The van der Waals surface area contributed by atoms with Gasteiger partial charge in [-0.05, 0) is 37.0 Å². The van der Waals surface area contributed by atoms with E-state index in [1.165, 1.54) is 12.8 Å². The third-order valence-corrected chi connectivity index (χ3v) is 4.23. The Morgan fingerprint density at radius 1 is 1.25 bits per heavy atom. The second kappa shape index (κ2) is 5.98. The van der Waals surface area contributed by atoms with E-state index >= 15 is 0 Å². The third kappa shape index (κ3) is 3.41. The topological polar surface area (TPSA) is 47.0 Å². The van der Waals surface area contributed by atoms with Crippen molar-refractivity contribution in [3.63, 3.8) is 0 Å². The van der Waals surface area contributed by atoms with Gasteiger partial charge in [0.2, 0.25) is 5.88 Å². The zero-order chi connectivity index (χ0) is 14.8. The van der Waals surface area contributed by atoms with Gasteiger partial charge in [0.1, 0.15) is 18.2 Å². The van der Waals surface area contributed by atoms with Gasteiger partial charge in [-0.15, -0.1) is 0 Å². The molecule has 1 aromatic heterocycles. The standard InChI is InChI=1S/C16H27N3O/c1-11(2)13-14(17-5)18-10-19-15(13)20-12-6-8-16(3,4)9-7-12/h10-12H,6-9H2,1-5H3,(H,17,18,19). The zero-order valence-electron chi connectivity index (χ0n) is 13.4. The van der Waals surface area contributed by atoms with E-state index in [9.17, 15) is 0 Å². The van der Waals surface area contributed by atoms with E-state index in [2.05, 4.69) is 43.0 Å². The van der Waals surface area contributed by atoms with Crippen LogP contribution in [-0.4, -0.2) is 23.1 Å². The van der Waals surface area contributed by atoms with Crippen molar-refractivity contribution in [3.05, 3.63) is 11.9 Å². The Morgan fingerprint density at radius 3 is 2.45 bits per heavy atom. The van der Waals surface area contributed by atoms with Crippen LogP contribution in [0.25, 0.3) is 0 Å². The summed E-state index contributed by atoms with van der Waals surface area (Å²) in [7, 11) is 1.89. The maximum Gasteiger partial charge on any atom is 0.222 e. The molecule has 4 heteroatoms. The predicted octanol–water partition coefficient (Wildman–Crippen LogP) is 3.99. The summed E-state index contributed by atoms with van der Waals surface area (Å²) in [6.45, 7) is 8.98. The molecule has 1 fully saturated rings. The first-order valence-corrected chi connectivity index (χ1v) is 7.62. The lowest BCUT2D eigenvalue weighted by Gasteiger charge is -2.34. The van der Waals surface area contributed by atoms with Crippen molar-refractivity contribution in [2.75, 3.05) is 12.4 Å². The smallest absolute Gasteiger partial charge is 0.222 e. The molecular formula is C16H27N3O. The summed E-state index contributed by atoms with van der Waals surface area (Å²) in [5.41, 5.74) is 1.54. The monoisotopic (exact) mass is 277 g/mol. The highest BCUT2D eigenvalue weighted by Gasteiger charge is 2.29. The van der Waals surface area contributed by atoms with Gasteiger partial charge >= 0.3 is 0 Å². The molecule has 1 aromatic rings. The van der Waals surface area contributed by atoms with Gasteiger partial charge in [-0.25, -0.2) is 9.97 Å². The molecule has 0 aliphatic heterocycles. The summed E-state index contributed by atoms with van der Waals surface area (Å²) in [4.78, 5) is 8.66. The summed E-state index contributed by atoms with van der Waals surface area (Å²) < 4.78 is 6.19. The summed E-state index contributed by atoms with van der Waals surface area (Å²) in [5, 5.41) is 3.14. The van der Waals surface area contributed by atoms with Gasteiger partial charge in [0.15, 0.2) is 0 Å². The lowest BCUT2D eigenvalue weighted by molar-refractivity contribution is 0.0937. The molecule has 1 saturated carbocycles. The lowest BCUT2D eigenvalue weighted by atomic mass is 9.76. The molecule has 0 saturated heterocycles. The Balaban J connectivity index is 2.14. The van der Waals surface area contributed by atoms with Crippen LogP contribution in [0.1, 0.15) is 64.9 Å². The minimum absolute atomic E-state index is 0.292. The van der Waals surface area contributed by atoms with Gasteiger partial charge in [-0.2, -0.15) is 0 Å². The zero-order valence-corrected chi connectivity index (χ0v) is 13.4. The van der Waals surface area contributed by atoms with E-state index in [1.807, 2.05) is 7.05 Å². The maximum absolute atomic E-state index is 6.19. The minimum atomic E-state index is 0.292. The number of nitrogens with zero attached hydrogens (tertiary/aromatic N) is 2. The normalized spacial score (nSPS) is 19.1. The number of hydrogen-bond donors (Lipinski definition) is 1. The molecule has 20 heavy (non-hydrogen) atoms. The Bertz CT molecular complexity index is 447. The molecule has 0 bridgehead atoms. The van der Waals surface area contributed by atoms with Gasteiger partial charge in [-0.3, -0.25) is 0 Å². The third-order valence-electron chi connectivity index (χ3n) is 4.23. The number of hydrogen-bond acceptors (Lipinski definition) is 4. The van der Waals surface area contributed by atoms with Crippen LogP contribution < -0.4 is 10.1 Å². The van der Waals surface area contributed by atoms with E-state index in [-0.39, 0.29) is 0 Å². The molecular weight excluding hydrogens is 250 g/mol. The number of anilines is 1. The number of rotatable bonds is 4. The first kappa shape index (κ1) is 15.1. The first-order chi connectivity index (χ1) is 9.43. The second-order valence-corrected chi connectivity index (χ2v) is 6.83.